The van der Waals surface area contributed by atoms with E-state index >= 15 is 0 Å². The van der Waals surface area contributed by atoms with Crippen molar-refractivity contribution >= 4 is 13.2 Å². The van der Waals surface area contributed by atoms with Gasteiger partial charge in [-0.15, -0.1) is 0 Å². The van der Waals surface area contributed by atoms with Crippen molar-refractivity contribution in [3.63, 3.8) is 0 Å². The van der Waals surface area contributed by atoms with Crippen LogP contribution in [0, 0.1) is 0 Å². The van der Waals surface area contributed by atoms with E-state index in [1.807, 2.05) is 18.2 Å². The van der Waals surface area contributed by atoms with Gasteiger partial charge in [0.25, 0.3) is 0 Å². The molecule has 0 aromatic carbocycles. The first-order chi connectivity index (χ1) is 9.87. The molecule has 2 aliphatic rings. The van der Waals surface area contributed by atoms with Crippen molar-refractivity contribution in [2.75, 3.05) is 13.1 Å². The summed E-state index contributed by atoms with van der Waals surface area (Å²) in [5.74, 6) is 2.56. The summed E-state index contributed by atoms with van der Waals surface area (Å²) in [7, 11) is -0.313. The Kier molecular flexibility index (Phi) is 3.68. The molecule has 0 atom stereocenters. The first kappa shape index (κ1) is 14.8. The summed E-state index contributed by atoms with van der Waals surface area (Å²) in [5.41, 5.74) is 1.65. The van der Waals surface area contributed by atoms with Gasteiger partial charge in [0.15, 0.2) is 0 Å². The zero-order valence-electron chi connectivity index (χ0n) is 13.2. The van der Waals surface area contributed by atoms with E-state index < -0.39 is 0 Å². The van der Waals surface area contributed by atoms with Gasteiger partial charge in [-0.05, 0) is 45.4 Å². The minimum atomic E-state index is -0.313. The molecule has 0 aliphatic carbocycles. The molecular formula is C16H23BN2O2. The molecule has 3 heterocycles. The number of nitrogens with one attached hydrogen (secondary N) is 1. The van der Waals surface area contributed by atoms with Crippen molar-refractivity contribution in [1.82, 2.24) is 10.3 Å². The summed E-state index contributed by atoms with van der Waals surface area (Å²) in [5, 5.41) is 3.28. The van der Waals surface area contributed by atoms with Crippen LogP contribution in [-0.2, 0) is 9.31 Å². The average Bonchev–Trinajstić information content (AvgIpc) is 2.55. The molecule has 0 spiro atoms. The van der Waals surface area contributed by atoms with Crippen LogP contribution in [0.1, 0.15) is 44.9 Å². The van der Waals surface area contributed by atoms with Crippen molar-refractivity contribution in [3.05, 3.63) is 35.6 Å². The number of aromatic nitrogens is 1. The number of hydrogen-bond donors (Lipinski definition) is 1. The highest BCUT2D eigenvalue weighted by molar-refractivity contribution is 6.52. The Morgan fingerprint density at radius 2 is 1.86 bits per heavy atom. The second kappa shape index (κ2) is 5.23. The summed E-state index contributed by atoms with van der Waals surface area (Å²) >= 11 is 0. The third-order valence-electron chi connectivity index (χ3n) is 4.76. The lowest BCUT2D eigenvalue weighted by molar-refractivity contribution is 0.00578. The van der Waals surface area contributed by atoms with Crippen molar-refractivity contribution in [1.29, 1.82) is 0 Å². The maximum atomic E-state index is 5.93. The second-order valence-electron chi connectivity index (χ2n) is 6.86. The minimum absolute atomic E-state index is 0.295. The van der Waals surface area contributed by atoms with Crippen molar-refractivity contribution in [3.8, 4) is 0 Å². The van der Waals surface area contributed by atoms with Gasteiger partial charge in [0, 0.05) is 25.2 Å². The third kappa shape index (κ3) is 2.91. The predicted octanol–water partition coefficient (Wildman–Crippen LogP) is 2.41. The molecule has 112 valence electrons. The Bertz CT molecular complexity index is 520. The van der Waals surface area contributed by atoms with Gasteiger partial charge in [-0.2, -0.15) is 0 Å². The lowest BCUT2D eigenvalue weighted by atomic mass is 9.89. The summed E-state index contributed by atoms with van der Waals surface area (Å²) in [6.07, 6.45) is 3.93. The molecule has 0 unspecified atom stereocenters. The van der Waals surface area contributed by atoms with Crippen LogP contribution in [0.25, 0.3) is 6.08 Å². The third-order valence-corrected chi connectivity index (χ3v) is 4.76. The first-order valence-electron chi connectivity index (χ1n) is 7.58. The van der Waals surface area contributed by atoms with Gasteiger partial charge < -0.3 is 14.6 Å². The quantitative estimate of drug-likeness (QED) is 0.867. The Morgan fingerprint density at radius 1 is 1.19 bits per heavy atom. The fourth-order valence-corrected chi connectivity index (χ4v) is 2.43. The summed E-state index contributed by atoms with van der Waals surface area (Å²) in [4.78, 5) is 4.49. The molecule has 1 N–H and O–H groups in total. The van der Waals surface area contributed by atoms with Gasteiger partial charge in [0.2, 0.25) is 0 Å². The maximum absolute atomic E-state index is 5.93. The molecule has 0 radical (unpaired) electrons. The van der Waals surface area contributed by atoms with Gasteiger partial charge in [-0.1, -0.05) is 12.0 Å². The number of pyridine rings is 1. The molecule has 4 nitrogen and oxygen atoms in total. The molecule has 2 saturated heterocycles. The highest BCUT2D eigenvalue weighted by Gasteiger charge is 2.49. The largest absolute Gasteiger partial charge is 0.487 e. The molecule has 1 aromatic rings. The number of nitrogens with zero attached hydrogens (tertiary/aromatic N) is 1. The molecule has 21 heavy (non-hydrogen) atoms. The molecule has 5 heteroatoms. The van der Waals surface area contributed by atoms with Gasteiger partial charge in [0.05, 0.1) is 16.9 Å². The van der Waals surface area contributed by atoms with Crippen molar-refractivity contribution in [2.24, 2.45) is 0 Å². The van der Waals surface area contributed by atoms with Crippen molar-refractivity contribution < 1.29 is 9.31 Å². The highest BCUT2D eigenvalue weighted by atomic mass is 16.7. The maximum Gasteiger partial charge on any atom is 0.487 e. The molecule has 0 bridgehead atoms. The lowest BCUT2D eigenvalue weighted by Crippen LogP contribution is -2.41. The molecule has 0 amide bonds. The summed E-state index contributed by atoms with van der Waals surface area (Å²) in [6, 6.07) is 4.21. The molecular weight excluding hydrogens is 263 g/mol. The monoisotopic (exact) mass is 286 g/mol. The Hall–Kier alpha value is -1.17. The fraction of sp³-hybridized carbons (Fsp3) is 0.562. The van der Waals surface area contributed by atoms with E-state index in [9.17, 15) is 0 Å². The van der Waals surface area contributed by atoms with Crippen LogP contribution in [0.4, 0.5) is 0 Å². The van der Waals surface area contributed by atoms with Gasteiger partial charge in [-0.3, -0.25) is 4.98 Å². The van der Waals surface area contributed by atoms with Gasteiger partial charge in [0.1, 0.15) is 0 Å². The smallest absolute Gasteiger partial charge is 0.400 e. The Labute approximate surface area is 127 Å². The first-order valence-corrected chi connectivity index (χ1v) is 7.58. The molecule has 0 saturated carbocycles. The standard InChI is InChI=1S/C16H23BN2O2/c1-15(2)16(3,4)21-17(20-15)8-7-14-6-5-12(11-19-14)13-9-18-10-13/h5-8,11,13,18H,9-10H2,1-4H3/b8-7+. The topological polar surface area (TPSA) is 43.4 Å². The van der Waals surface area contributed by atoms with E-state index in [2.05, 4.69) is 50.1 Å². The van der Waals surface area contributed by atoms with Crippen LogP contribution in [0.15, 0.2) is 24.3 Å². The highest BCUT2D eigenvalue weighted by Crippen LogP contribution is 2.37. The van der Waals surface area contributed by atoms with Crippen LogP contribution in [0.5, 0.6) is 0 Å². The van der Waals surface area contributed by atoms with Crippen LogP contribution in [-0.4, -0.2) is 36.4 Å². The predicted molar refractivity (Wildman–Crippen MR) is 85.0 cm³/mol. The van der Waals surface area contributed by atoms with Gasteiger partial charge >= 0.3 is 7.12 Å². The van der Waals surface area contributed by atoms with E-state index in [1.165, 1.54) is 5.56 Å². The molecule has 2 aliphatic heterocycles. The summed E-state index contributed by atoms with van der Waals surface area (Å²) in [6.45, 7) is 10.3. The molecule has 3 rings (SSSR count). The zero-order valence-corrected chi connectivity index (χ0v) is 13.2. The normalized spacial score (nSPS) is 24.5. The van der Waals surface area contributed by atoms with E-state index in [0.717, 1.165) is 18.8 Å². The van der Waals surface area contributed by atoms with Gasteiger partial charge in [-0.25, -0.2) is 0 Å². The Morgan fingerprint density at radius 3 is 2.33 bits per heavy atom. The van der Waals surface area contributed by atoms with Crippen LogP contribution in [0.2, 0.25) is 0 Å². The van der Waals surface area contributed by atoms with E-state index in [4.69, 9.17) is 9.31 Å². The van der Waals surface area contributed by atoms with E-state index in [-0.39, 0.29) is 18.3 Å². The van der Waals surface area contributed by atoms with Crippen LogP contribution >= 0.6 is 0 Å². The fourth-order valence-electron chi connectivity index (χ4n) is 2.43. The van der Waals surface area contributed by atoms with Crippen molar-refractivity contribution in [2.45, 2.75) is 44.8 Å². The van der Waals surface area contributed by atoms with E-state index in [0.29, 0.717) is 5.92 Å². The lowest BCUT2D eigenvalue weighted by Gasteiger charge is -2.32. The summed E-state index contributed by atoms with van der Waals surface area (Å²) < 4.78 is 11.9. The van der Waals surface area contributed by atoms with Crippen LogP contribution < -0.4 is 5.32 Å². The zero-order chi connectivity index (χ0) is 15.1. The second-order valence-corrected chi connectivity index (χ2v) is 6.86. The Balaban J connectivity index is 1.64. The molecule has 1 aromatic heterocycles. The number of hydrogen-bond acceptors (Lipinski definition) is 4. The van der Waals surface area contributed by atoms with E-state index in [1.54, 1.807) is 0 Å². The molecule has 2 fully saturated rings. The SMILES string of the molecule is CC1(C)OB(/C=C/c2ccc(C3CNC3)cn2)OC1(C)C. The number of rotatable bonds is 3. The average molecular weight is 286 g/mol. The van der Waals surface area contributed by atoms with Crippen LogP contribution in [0.3, 0.4) is 0 Å². The minimum Gasteiger partial charge on any atom is -0.400 e.